The third-order valence-corrected chi connectivity index (χ3v) is 3.13. The van der Waals surface area contributed by atoms with Crippen LogP contribution in [0.1, 0.15) is 25.7 Å². The molecule has 0 aliphatic carbocycles. The van der Waals surface area contributed by atoms with E-state index in [1.54, 1.807) is 0 Å². The number of hydrogen-bond donors (Lipinski definition) is 1. The molecule has 0 aromatic carbocycles. The Labute approximate surface area is 61.8 Å². The first-order chi connectivity index (χ1) is 4.79. The second-order valence-electron chi connectivity index (χ2n) is 3.61. The number of aliphatic hydroxyl groups is 1. The van der Waals surface area contributed by atoms with Crippen molar-refractivity contribution < 1.29 is 5.11 Å². The molecule has 0 amide bonds. The molecule has 0 spiro atoms. The van der Waals surface area contributed by atoms with Gasteiger partial charge in [0.1, 0.15) is 0 Å². The summed E-state index contributed by atoms with van der Waals surface area (Å²) < 4.78 is 0. The van der Waals surface area contributed by atoms with E-state index in [1.807, 2.05) is 0 Å². The van der Waals surface area contributed by atoms with Crippen LogP contribution in [-0.4, -0.2) is 35.2 Å². The molecule has 0 radical (unpaired) electrons. The van der Waals surface area contributed by atoms with Crippen LogP contribution in [-0.2, 0) is 0 Å². The van der Waals surface area contributed by atoms with Gasteiger partial charge in [0.05, 0.1) is 6.10 Å². The Balaban J connectivity index is 2.13. The van der Waals surface area contributed by atoms with Crippen LogP contribution in [0.4, 0.5) is 0 Å². The molecule has 2 heterocycles. The van der Waals surface area contributed by atoms with Crippen molar-refractivity contribution in [1.29, 1.82) is 0 Å². The summed E-state index contributed by atoms with van der Waals surface area (Å²) in [6.45, 7) is 0. The minimum atomic E-state index is -0.0382. The van der Waals surface area contributed by atoms with Gasteiger partial charge >= 0.3 is 0 Å². The van der Waals surface area contributed by atoms with Gasteiger partial charge in [-0.25, -0.2) is 0 Å². The average molecular weight is 141 g/mol. The van der Waals surface area contributed by atoms with E-state index < -0.39 is 0 Å². The second-order valence-corrected chi connectivity index (χ2v) is 3.61. The zero-order chi connectivity index (χ0) is 7.14. The van der Waals surface area contributed by atoms with E-state index in [9.17, 15) is 5.11 Å². The van der Waals surface area contributed by atoms with Crippen molar-refractivity contribution in [3.05, 3.63) is 0 Å². The number of aliphatic hydroxyl groups excluding tert-OH is 1. The maximum absolute atomic E-state index is 9.52. The molecule has 10 heavy (non-hydrogen) atoms. The first kappa shape index (κ1) is 6.62. The quantitative estimate of drug-likeness (QED) is 0.534. The van der Waals surface area contributed by atoms with E-state index in [2.05, 4.69) is 11.9 Å². The topological polar surface area (TPSA) is 23.5 Å². The molecule has 2 heteroatoms. The summed E-state index contributed by atoms with van der Waals surface area (Å²) in [7, 11) is 2.14. The third-order valence-electron chi connectivity index (χ3n) is 3.13. The minimum Gasteiger partial charge on any atom is -0.391 e. The number of likely N-dealkylation sites (N-methyl/N-ethyl adjacent to an activating group) is 1. The Morgan fingerprint density at radius 2 is 1.90 bits per heavy atom. The SMILES string of the molecule is CN1[C@@H]2CC[C@@H]1[C@@H](O)CC2. The molecule has 0 saturated carbocycles. The Kier molecular flexibility index (Phi) is 1.46. The molecule has 0 aromatic heterocycles. The van der Waals surface area contributed by atoms with Crippen LogP contribution in [0.15, 0.2) is 0 Å². The van der Waals surface area contributed by atoms with E-state index in [4.69, 9.17) is 0 Å². The maximum atomic E-state index is 9.52. The van der Waals surface area contributed by atoms with Crippen molar-refractivity contribution in [2.75, 3.05) is 7.05 Å². The highest BCUT2D eigenvalue weighted by atomic mass is 16.3. The molecule has 1 N–H and O–H groups in total. The first-order valence-corrected chi connectivity index (χ1v) is 4.19. The van der Waals surface area contributed by atoms with E-state index in [0.717, 1.165) is 12.5 Å². The largest absolute Gasteiger partial charge is 0.391 e. The molecule has 2 aliphatic rings. The van der Waals surface area contributed by atoms with Gasteiger partial charge in [-0.15, -0.1) is 0 Å². The summed E-state index contributed by atoms with van der Waals surface area (Å²) in [4.78, 5) is 2.36. The van der Waals surface area contributed by atoms with Crippen LogP contribution in [0.3, 0.4) is 0 Å². The lowest BCUT2D eigenvalue weighted by molar-refractivity contribution is 0.0294. The number of rotatable bonds is 0. The molecule has 2 bridgehead atoms. The minimum absolute atomic E-state index is 0.0382. The van der Waals surface area contributed by atoms with Crippen LogP contribution in [0, 0.1) is 0 Å². The number of hydrogen-bond acceptors (Lipinski definition) is 2. The van der Waals surface area contributed by atoms with E-state index in [0.29, 0.717) is 6.04 Å². The van der Waals surface area contributed by atoms with Gasteiger partial charge in [0.2, 0.25) is 0 Å². The Bertz CT molecular complexity index is 137. The highest BCUT2D eigenvalue weighted by Gasteiger charge is 2.38. The number of nitrogens with zero attached hydrogens (tertiary/aromatic N) is 1. The van der Waals surface area contributed by atoms with Crippen LogP contribution >= 0.6 is 0 Å². The van der Waals surface area contributed by atoms with Crippen molar-refractivity contribution in [1.82, 2.24) is 4.90 Å². The van der Waals surface area contributed by atoms with Crippen molar-refractivity contribution in [2.24, 2.45) is 0 Å². The lowest BCUT2D eigenvalue weighted by atomic mass is 10.0. The molecule has 2 nitrogen and oxygen atoms in total. The predicted molar refractivity (Wildman–Crippen MR) is 39.8 cm³/mol. The summed E-state index contributed by atoms with van der Waals surface area (Å²) in [5, 5.41) is 9.52. The lowest BCUT2D eigenvalue weighted by Crippen LogP contribution is -2.44. The van der Waals surface area contributed by atoms with Crippen molar-refractivity contribution >= 4 is 0 Å². The van der Waals surface area contributed by atoms with Gasteiger partial charge in [0.15, 0.2) is 0 Å². The van der Waals surface area contributed by atoms with Crippen LogP contribution < -0.4 is 0 Å². The third kappa shape index (κ3) is 0.789. The molecule has 2 aliphatic heterocycles. The van der Waals surface area contributed by atoms with Gasteiger partial charge in [-0.2, -0.15) is 0 Å². The second kappa shape index (κ2) is 2.21. The fourth-order valence-electron chi connectivity index (χ4n) is 2.41. The zero-order valence-corrected chi connectivity index (χ0v) is 6.45. The van der Waals surface area contributed by atoms with Crippen molar-refractivity contribution in [3.8, 4) is 0 Å². The highest BCUT2D eigenvalue weighted by molar-refractivity contribution is 4.94. The molecular formula is C8H15NO. The van der Waals surface area contributed by atoms with Gasteiger partial charge < -0.3 is 5.11 Å². The fourth-order valence-corrected chi connectivity index (χ4v) is 2.41. The summed E-state index contributed by atoms with van der Waals surface area (Å²) >= 11 is 0. The molecule has 58 valence electrons. The van der Waals surface area contributed by atoms with Crippen molar-refractivity contribution in [3.63, 3.8) is 0 Å². The molecule has 2 fully saturated rings. The zero-order valence-electron chi connectivity index (χ0n) is 6.45. The van der Waals surface area contributed by atoms with Crippen LogP contribution in [0.2, 0.25) is 0 Å². The van der Waals surface area contributed by atoms with Gasteiger partial charge in [0, 0.05) is 12.1 Å². The van der Waals surface area contributed by atoms with Crippen molar-refractivity contribution in [2.45, 2.75) is 43.9 Å². The number of piperidine rings is 1. The molecule has 0 aromatic rings. The molecule has 0 unspecified atom stereocenters. The monoisotopic (exact) mass is 141 g/mol. The molecule has 2 rings (SSSR count). The Hall–Kier alpha value is -0.0800. The Morgan fingerprint density at radius 1 is 1.20 bits per heavy atom. The summed E-state index contributed by atoms with van der Waals surface area (Å²) in [6.07, 6.45) is 4.71. The highest BCUT2D eigenvalue weighted by Crippen LogP contribution is 2.33. The summed E-state index contributed by atoms with van der Waals surface area (Å²) in [5.74, 6) is 0. The Morgan fingerprint density at radius 3 is 2.60 bits per heavy atom. The molecule has 2 saturated heterocycles. The van der Waals surface area contributed by atoms with E-state index >= 15 is 0 Å². The smallest absolute Gasteiger partial charge is 0.0696 e. The number of fused-ring (bicyclic) bond motifs is 2. The lowest BCUT2D eigenvalue weighted by Gasteiger charge is -2.34. The maximum Gasteiger partial charge on any atom is 0.0696 e. The first-order valence-electron chi connectivity index (χ1n) is 4.19. The average Bonchev–Trinajstić information content (AvgIpc) is 2.13. The molecular weight excluding hydrogens is 126 g/mol. The van der Waals surface area contributed by atoms with Gasteiger partial charge in [-0.3, -0.25) is 4.90 Å². The van der Waals surface area contributed by atoms with Gasteiger partial charge in [-0.05, 0) is 32.7 Å². The summed E-state index contributed by atoms with van der Waals surface area (Å²) in [5.41, 5.74) is 0. The van der Waals surface area contributed by atoms with E-state index in [1.165, 1.54) is 19.3 Å². The van der Waals surface area contributed by atoms with Gasteiger partial charge in [0.25, 0.3) is 0 Å². The van der Waals surface area contributed by atoms with Gasteiger partial charge in [-0.1, -0.05) is 0 Å². The predicted octanol–water partition coefficient (Wildman–Crippen LogP) is 0.604. The normalized spacial score (nSPS) is 48.0. The standard InChI is InChI=1S/C8H15NO/c1-9-6-2-4-7(9)8(10)5-3-6/h6-8,10H,2-5H2,1H3/t6-,7-,8+/m1/s1. The van der Waals surface area contributed by atoms with Crippen LogP contribution in [0.25, 0.3) is 0 Å². The fraction of sp³-hybridized carbons (Fsp3) is 1.00. The summed E-state index contributed by atoms with van der Waals surface area (Å²) in [6, 6.07) is 1.27. The van der Waals surface area contributed by atoms with Crippen LogP contribution in [0.5, 0.6) is 0 Å². The molecule has 3 atom stereocenters. The van der Waals surface area contributed by atoms with E-state index in [-0.39, 0.29) is 6.10 Å².